The van der Waals surface area contributed by atoms with Crippen LogP contribution < -0.4 is 5.73 Å². The van der Waals surface area contributed by atoms with E-state index < -0.39 is 10.0 Å². The number of sulfonamides is 1. The number of nitrogens with two attached hydrogens (primary N) is 1. The monoisotopic (exact) mass is 341 g/mol. The summed E-state index contributed by atoms with van der Waals surface area (Å²) < 4.78 is 26.1. The van der Waals surface area contributed by atoms with Crippen molar-refractivity contribution in [3.63, 3.8) is 0 Å². The van der Waals surface area contributed by atoms with Crippen LogP contribution in [0.5, 0.6) is 0 Å². The van der Waals surface area contributed by atoms with Gasteiger partial charge in [-0.1, -0.05) is 18.3 Å². The van der Waals surface area contributed by atoms with Crippen LogP contribution in [0.3, 0.4) is 0 Å². The number of hydrogen-bond donors (Lipinski definition) is 1. The van der Waals surface area contributed by atoms with E-state index in [1.807, 2.05) is 17.5 Å². The zero-order valence-corrected chi connectivity index (χ0v) is 13.8. The third-order valence-corrected chi connectivity index (χ3v) is 5.94. The fraction of sp³-hybridized carbons (Fsp3) is 0.231. The van der Waals surface area contributed by atoms with Gasteiger partial charge < -0.3 is 5.73 Å². The van der Waals surface area contributed by atoms with Crippen molar-refractivity contribution < 1.29 is 8.42 Å². The van der Waals surface area contributed by atoms with Gasteiger partial charge in [0.15, 0.2) is 0 Å². The molecule has 2 rings (SSSR count). The molecule has 0 fully saturated rings. The molecule has 0 amide bonds. The van der Waals surface area contributed by atoms with Crippen molar-refractivity contribution in [2.24, 2.45) is 5.73 Å². The molecule has 0 saturated carbocycles. The smallest absolute Gasteiger partial charge is 0.244 e. The molecule has 0 unspecified atom stereocenters. The number of likely N-dealkylation sites (N-methyl/N-ethyl adjacent to an activating group) is 1. The second kappa shape index (κ2) is 6.61. The molecule has 5 nitrogen and oxygen atoms in total. The SMILES string of the molecule is CN(CCc1cccs1)S(=O)(=O)c1ccc(C(N)=S)nc1. The largest absolute Gasteiger partial charge is 0.388 e. The summed E-state index contributed by atoms with van der Waals surface area (Å²) in [6.07, 6.45) is 1.97. The third-order valence-electron chi connectivity index (χ3n) is 2.95. The van der Waals surface area contributed by atoms with Crippen LogP contribution in [0.4, 0.5) is 0 Å². The number of nitrogens with zero attached hydrogens (tertiary/aromatic N) is 2. The molecule has 0 aliphatic heterocycles. The van der Waals surface area contributed by atoms with Crippen LogP contribution in [0.25, 0.3) is 0 Å². The van der Waals surface area contributed by atoms with Gasteiger partial charge in [-0.2, -0.15) is 0 Å². The maximum atomic E-state index is 12.4. The number of pyridine rings is 1. The Morgan fingerprint density at radius 3 is 2.71 bits per heavy atom. The molecule has 0 radical (unpaired) electrons. The van der Waals surface area contributed by atoms with Crippen LogP contribution in [-0.4, -0.2) is 36.3 Å². The molecule has 0 bridgehead atoms. The van der Waals surface area contributed by atoms with Crippen LogP contribution in [0.2, 0.25) is 0 Å². The van der Waals surface area contributed by atoms with E-state index in [-0.39, 0.29) is 9.88 Å². The van der Waals surface area contributed by atoms with Crippen molar-refractivity contribution >= 4 is 38.6 Å². The third kappa shape index (κ3) is 3.85. The predicted molar refractivity (Wildman–Crippen MR) is 88.0 cm³/mol. The lowest BCUT2D eigenvalue weighted by molar-refractivity contribution is 0.473. The van der Waals surface area contributed by atoms with Crippen LogP contribution in [0.15, 0.2) is 40.7 Å². The van der Waals surface area contributed by atoms with Gasteiger partial charge in [-0.05, 0) is 30.0 Å². The first-order valence-corrected chi connectivity index (χ1v) is 8.88. The maximum Gasteiger partial charge on any atom is 0.244 e. The van der Waals surface area contributed by atoms with E-state index in [4.69, 9.17) is 18.0 Å². The van der Waals surface area contributed by atoms with Gasteiger partial charge in [0.2, 0.25) is 10.0 Å². The van der Waals surface area contributed by atoms with E-state index in [2.05, 4.69) is 4.98 Å². The average molecular weight is 341 g/mol. The molecule has 0 aliphatic carbocycles. The van der Waals surface area contributed by atoms with E-state index >= 15 is 0 Å². The van der Waals surface area contributed by atoms with Gasteiger partial charge in [-0.15, -0.1) is 11.3 Å². The van der Waals surface area contributed by atoms with Gasteiger partial charge in [0, 0.05) is 24.7 Å². The van der Waals surface area contributed by atoms with Crippen LogP contribution in [-0.2, 0) is 16.4 Å². The fourth-order valence-corrected chi connectivity index (χ4v) is 3.64. The minimum atomic E-state index is -3.54. The molecule has 2 heterocycles. The Morgan fingerprint density at radius 2 is 2.19 bits per heavy atom. The van der Waals surface area contributed by atoms with E-state index in [1.54, 1.807) is 18.4 Å². The summed E-state index contributed by atoms with van der Waals surface area (Å²) in [6, 6.07) is 6.93. The van der Waals surface area contributed by atoms with E-state index in [9.17, 15) is 8.42 Å². The zero-order valence-electron chi connectivity index (χ0n) is 11.4. The molecule has 8 heteroatoms. The number of aromatic nitrogens is 1. The van der Waals surface area contributed by atoms with Gasteiger partial charge in [0.1, 0.15) is 9.88 Å². The molecular formula is C13H15N3O2S3. The van der Waals surface area contributed by atoms with Gasteiger partial charge in [-0.25, -0.2) is 12.7 Å². The topological polar surface area (TPSA) is 76.3 Å². The van der Waals surface area contributed by atoms with E-state index in [0.717, 1.165) is 4.88 Å². The van der Waals surface area contributed by atoms with Crippen molar-refractivity contribution in [2.45, 2.75) is 11.3 Å². The number of thiocarbonyl (C=S) groups is 1. The lowest BCUT2D eigenvalue weighted by Gasteiger charge is -2.16. The molecule has 21 heavy (non-hydrogen) atoms. The highest BCUT2D eigenvalue weighted by Crippen LogP contribution is 2.15. The second-order valence-corrected chi connectivity index (χ2v) is 7.92. The Labute approximate surface area is 133 Å². The first-order chi connectivity index (χ1) is 9.91. The van der Waals surface area contributed by atoms with Crippen LogP contribution >= 0.6 is 23.6 Å². The molecule has 0 saturated heterocycles. The second-order valence-electron chi connectivity index (χ2n) is 4.40. The first kappa shape index (κ1) is 16.0. The molecule has 0 aliphatic rings. The number of hydrogen-bond acceptors (Lipinski definition) is 5. The molecule has 0 spiro atoms. The van der Waals surface area contributed by atoms with Crippen molar-refractivity contribution in [1.29, 1.82) is 0 Å². The summed E-state index contributed by atoms with van der Waals surface area (Å²) in [4.78, 5) is 5.40. The Hall–Kier alpha value is -1.35. The van der Waals surface area contributed by atoms with E-state index in [1.165, 1.54) is 22.6 Å². The first-order valence-electron chi connectivity index (χ1n) is 6.16. The highest BCUT2D eigenvalue weighted by Gasteiger charge is 2.21. The Balaban J connectivity index is 2.10. The summed E-state index contributed by atoms with van der Waals surface area (Å²) in [7, 11) is -1.98. The molecule has 0 atom stereocenters. The van der Waals surface area contributed by atoms with Crippen LogP contribution in [0, 0.1) is 0 Å². The summed E-state index contributed by atoms with van der Waals surface area (Å²) in [6.45, 7) is 0.417. The summed E-state index contributed by atoms with van der Waals surface area (Å²) in [5.41, 5.74) is 5.85. The van der Waals surface area contributed by atoms with Gasteiger partial charge in [0.05, 0.1) is 5.69 Å². The van der Waals surface area contributed by atoms with Gasteiger partial charge >= 0.3 is 0 Å². The zero-order chi connectivity index (χ0) is 15.5. The van der Waals surface area contributed by atoms with Crippen LogP contribution in [0.1, 0.15) is 10.6 Å². The highest BCUT2D eigenvalue weighted by molar-refractivity contribution is 7.89. The number of rotatable bonds is 6. The lowest BCUT2D eigenvalue weighted by atomic mass is 10.3. The maximum absolute atomic E-state index is 12.4. The molecule has 0 aromatic carbocycles. The minimum Gasteiger partial charge on any atom is -0.388 e. The summed E-state index contributed by atoms with van der Waals surface area (Å²) >= 11 is 6.41. The standard InChI is InChI=1S/C13H15N3O2S3/c1-16(7-6-10-3-2-8-20-10)21(17,18)11-4-5-12(13(14)19)15-9-11/h2-5,8-9H,6-7H2,1H3,(H2,14,19). The molecule has 2 aromatic heterocycles. The normalized spacial score (nSPS) is 11.7. The highest BCUT2D eigenvalue weighted by atomic mass is 32.2. The van der Waals surface area contributed by atoms with Gasteiger partial charge in [0.25, 0.3) is 0 Å². The van der Waals surface area contributed by atoms with Crippen molar-refractivity contribution in [3.05, 3.63) is 46.4 Å². The molecule has 2 aromatic rings. The summed E-state index contributed by atoms with van der Waals surface area (Å²) in [5, 5.41) is 1.97. The molecule has 112 valence electrons. The summed E-state index contributed by atoms with van der Waals surface area (Å²) in [5.74, 6) is 0. The minimum absolute atomic E-state index is 0.135. The Kier molecular flexibility index (Phi) is 5.04. The Bertz CT molecular complexity index is 710. The van der Waals surface area contributed by atoms with Crippen molar-refractivity contribution in [3.8, 4) is 0 Å². The predicted octanol–water partition coefficient (Wildman–Crippen LogP) is 1.64. The Morgan fingerprint density at radius 1 is 1.43 bits per heavy atom. The quantitative estimate of drug-likeness (QED) is 0.808. The number of thiophene rings is 1. The van der Waals surface area contributed by atoms with Crippen molar-refractivity contribution in [1.82, 2.24) is 9.29 Å². The average Bonchev–Trinajstić information content (AvgIpc) is 2.98. The fourth-order valence-electron chi connectivity index (χ4n) is 1.70. The molecule has 2 N–H and O–H groups in total. The van der Waals surface area contributed by atoms with E-state index in [0.29, 0.717) is 18.7 Å². The van der Waals surface area contributed by atoms with Crippen molar-refractivity contribution in [2.75, 3.05) is 13.6 Å². The lowest BCUT2D eigenvalue weighted by Crippen LogP contribution is -2.29. The van der Waals surface area contributed by atoms with Gasteiger partial charge in [-0.3, -0.25) is 4.98 Å². The molecular weight excluding hydrogens is 326 g/mol.